The van der Waals surface area contributed by atoms with Gasteiger partial charge >= 0.3 is 0 Å². The molecule has 1 aromatic rings. The van der Waals surface area contributed by atoms with Crippen LogP contribution >= 0.6 is 0 Å². The zero-order chi connectivity index (χ0) is 12.8. The standard InChI is InChI=1S/C15H22FNO/c1-2-17-15(12-6-3-4-7-12)11-18-14-9-5-8-13(16)10-14/h5,8-10,12,15,17H,2-4,6-7,11H2,1H3. The molecule has 0 amide bonds. The molecular weight excluding hydrogens is 229 g/mol. The van der Waals surface area contributed by atoms with Crippen molar-refractivity contribution in [1.29, 1.82) is 0 Å². The van der Waals surface area contributed by atoms with Crippen LogP contribution in [0.3, 0.4) is 0 Å². The van der Waals surface area contributed by atoms with Crippen molar-refractivity contribution in [3.8, 4) is 5.75 Å². The third kappa shape index (κ3) is 3.70. The lowest BCUT2D eigenvalue weighted by Gasteiger charge is -2.24. The molecule has 1 aliphatic rings. The highest BCUT2D eigenvalue weighted by molar-refractivity contribution is 5.22. The minimum Gasteiger partial charge on any atom is -0.492 e. The monoisotopic (exact) mass is 251 g/mol. The van der Waals surface area contributed by atoms with Gasteiger partial charge in [0.1, 0.15) is 18.2 Å². The van der Waals surface area contributed by atoms with E-state index in [9.17, 15) is 4.39 Å². The van der Waals surface area contributed by atoms with Gasteiger partial charge in [0.05, 0.1) is 0 Å². The third-order valence-electron chi connectivity index (χ3n) is 3.66. The fraction of sp³-hybridized carbons (Fsp3) is 0.600. The molecule has 0 radical (unpaired) electrons. The molecule has 1 fully saturated rings. The van der Waals surface area contributed by atoms with Crippen molar-refractivity contribution in [1.82, 2.24) is 5.32 Å². The minimum absolute atomic E-state index is 0.242. The van der Waals surface area contributed by atoms with Gasteiger partial charge in [0.2, 0.25) is 0 Å². The topological polar surface area (TPSA) is 21.3 Å². The first kappa shape index (κ1) is 13.3. The van der Waals surface area contributed by atoms with Gasteiger partial charge in [-0.3, -0.25) is 0 Å². The molecule has 100 valence electrons. The predicted molar refractivity (Wildman–Crippen MR) is 71.3 cm³/mol. The van der Waals surface area contributed by atoms with Crippen LogP contribution in [-0.4, -0.2) is 19.2 Å². The van der Waals surface area contributed by atoms with E-state index in [2.05, 4.69) is 12.2 Å². The molecule has 1 aliphatic carbocycles. The summed E-state index contributed by atoms with van der Waals surface area (Å²) in [5, 5.41) is 3.49. The molecule has 1 aromatic carbocycles. The van der Waals surface area contributed by atoms with E-state index in [0.29, 0.717) is 24.3 Å². The smallest absolute Gasteiger partial charge is 0.126 e. The van der Waals surface area contributed by atoms with Crippen molar-refractivity contribution in [2.45, 2.75) is 38.6 Å². The number of hydrogen-bond donors (Lipinski definition) is 1. The molecule has 3 heteroatoms. The van der Waals surface area contributed by atoms with Crippen LogP contribution in [0, 0.1) is 11.7 Å². The zero-order valence-corrected chi connectivity index (χ0v) is 11.0. The Labute approximate surface area is 109 Å². The molecule has 1 unspecified atom stereocenters. The van der Waals surface area contributed by atoms with E-state index in [1.165, 1.54) is 37.8 Å². The van der Waals surface area contributed by atoms with Crippen molar-refractivity contribution < 1.29 is 9.13 Å². The lowest BCUT2D eigenvalue weighted by atomic mass is 9.99. The second-order valence-electron chi connectivity index (χ2n) is 4.98. The summed E-state index contributed by atoms with van der Waals surface area (Å²) in [5.74, 6) is 1.09. The van der Waals surface area contributed by atoms with E-state index < -0.39 is 0 Å². The number of hydrogen-bond acceptors (Lipinski definition) is 2. The number of ether oxygens (including phenoxy) is 1. The average molecular weight is 251 g/mol. The van der Waals surface area contributed by atoms with Crippen molar-refractivity contribution in [3.63, 3.8) is 0 Å². The molecule has 0 saturated heterocycles. The first-order valence-electron chi connectivity index (χ1n) is 6.91. The van der Waals surface area contributed by atoms with E-state index in [-0.39, 0.29) is 5.82 Å². The molecule has 0 heterocycles. The molecule has 1 atom stereocenters. The van der Waals surface area contributed by atoms with Gasteiger partial charge in [-0.1, -0.05) is 25.8 Å². The van der Waals surface area contributed by atoms with Crippen LogP contribution in [0.4, 0.5) is 4.39 Å². The lowest BCUT2D eigenvalue weighted by Crippen LogP contribution is -2.40. The Balaban J connectivity index is 1.88. The summed E-state index contributed by atoms with van der Waals surface area (Å²) in [7, 11) is 0. The summed E-state index contributed by atoms with van der Waals surface area (Å²) in [5.41, 5.74) is 0. The highest BCUT2D eigenvalue weighted by atomic mass is 19.1. The maximum atomic E-state index is 13.0. The maximum absolute atomic E-state index is 13.0. The second-order valence-corrected chi connectivity index (χ2v) is 4.98. The fourth-order valence-electron chi connectivity index (χ4n) is 2.73. The van der Waals surface area contributed by atoms with Crippen molar-refractivity contribution in [3.05, 3.63) is 30.1 Å². The van der Waals surface area contributed by atoms with Crippen LogP contribution in [0.5, 0.6) is 5.75 Å². The van der Waals surface area contributed by atoms with Crippen LogP contribution in [0.25, 0.3) is 0 Å². The Bertz CT molecular complexity index is 363. The molecule has 0 aromatic heterocycles. The van der Waals surface area contributed by atoms with E-state index in [4.69, 9.17) is 4.74 Å². The Morgan fingerprint density at radius 1 is 1.39 bits per heavy atom. The van der Waals surface area contributed by atoms with Gasteiger partial charge in [-0.2, -0.15) is 0 Å². The number of halogens is 1. The lowest BCUT2D eigenvalue weighted by molar-refractivity contribution is 0.218. The Morgan fingerprint density at radius 3 is 2.83 bits per heavy atom. The Kier molecular flexibility index (Phi) is 5.00. The van der Waals surface area contributed by atoms with Gasteiger partial charge in [-0.15, -0.1) is 0 Å². The quantitative estimate of drug-likeness (QED) is 0.837. The largest absolute Gasteiger partial charge is 0.492 e. The Hall–Kier alpha value is -1.09. The molecule has 2 nitrogen and oxygen atoms in total. The fourth-order valence-corrected chi connectivity index (χ4v) is 2.73. The molecule has 1 saturated carbocycles. The normalized spacial score (nSPS) is 17.9. The molecule has 0 bridgehead atoms. The molecule has 18 heavy (non-hydrogen) atoms. The first-order valence-corrected chi connectivity index (χ1v) is 6.91. The highest BCUT2D eigenvalue weighted by Gasteiger charge is 2.24. The van der Waals surface area contributed by atoms with E-state index >= 15 is 0 Å². The summed E-state index contributed by atoms with van der Waals surface area (Å²) in [6.07, 6.45) is 5.22. The van der Waals surface area contributed by atoms with Crippen molar-refractivity contribution >= 4 is 0 Å². The summed E-state index contributed by atoms with van der Waals surface area (Å²) in [6.45, 7) is 3.69. The molecule has 0 aliphatic heterocycles. The van der Waals surface area contributed by atoms with Crippen LogP contribution in [0.1, 0.15) is 32.6 Å². The highest BCUT2D eigenvalue weighted by Crippen LogP contribution is 2.28. The molecule has 1 N–H and O–H groups in total. The van der Waals surface area contributed by atoms with Crippen molar-refractivity contribution in [2.75, 3.05) is 13.2 Å². The molecule has 0 spiro atoms. The number of likely N-dealkylation sites (N-methyl/N-ethyl adjacent to an activating group) is 1. The van der Waals surface area contributed by atoms with E-state index in [0.717, 1.165) is 6.54 Å². The van der Waals surface area contributed by atoms with Crippen molar-refractivity contribution in [2.24, 2.45) is 5.92 Å². The van der Waals surface area contributed by atoms with Gasteiger partial charge in [-0.05, 0) is 37.4 Å². The van der Waals surface area contributed by atoms with E-state index in [1.807, 2.05) is 0 Å². The van der Waals surface area contributed by atoms with Crippen LogP contribution < -0.4 is 10.1 Å². The first-order chi connectivity index (χ1) is 8.79. The van der Waals surface area contributed by atoms with Gasteiger partial charge in [0.25, 0.3) is 0 Å². The second kappa shape index (κ2) is 6.74. The summed E-state index contributed by atoms with van der Waals surface area (Å²) in [4.78, 5) is 0. The molecular formula is C15H22FNO. The zero-order valence-electron chi connectivity index (χ0n) is 11.0. The summed E-state index contributed by atoms with van der Waals surface area (Å²) >= 11 is 0. The van der Waals surface area contributed by atoms with Gasteiger partial charge in [-0.25, -0.2) is 4.39 Å². The van der Waals surface area contributed by atoms with Gasteiger partial charge in [0.15, 0.2) is 0 Å². The van der Waals surface area contributed by atoms with Gasteiger partial charge in [0, 0.05) is 12.1 Å². The van der Waals surface area contributed by atoms with Crippen LogP contribution in [0.15, 0.2) is 24.3 Å². The predicted octanol–water partition coefficient (Wildman–Crippen LogP) is 3.37. The summed E-state index contributed by atoms with van der Waals surface area (Å²) in [6, 6.07) is 6.76. The number of rotatable bonds is 6. The van der Waals surface area contributed by atoms with Crippen LogP contribution in [0.2, 0.25) is 0 Å². The average Bonchev–Trinajstić information content (AvgIpc) is 2.88. The Morgan fingerprint density at radius 2 is 2.17 bits per heavy atom. The van der Waals surface area contributed by atoms with E-state index in [1.54, 1.807) is 12.1 Å². The minimum atomic E-state index is -0.242. The maximum Gasteiger partial charge on any atom is 0.126 e. The number of nitrogens with one attached hydrogen (secondary N) is 1. The van der Waals surface area contributed by atoms with Gasteiger partial charge < -0.3 is 10.1 Å². The number of benzene rings is 1. The molecule has 2 rings (SSSR count). The van der Waals surface area contributed by atoms with Crippen LogP contribution in [-0.2, 0) is 0 Å². The summed E-state index contributed by atoms with van der Waals surface area (Å²) < 4.78 is 18.8. The third-order valence-corrected chi connectivity index (χ3v) is 3.66. The SMILES string of the molecule is CCNC(COc1cccc(F)c1)C1CCCC1.